The van der Waals surface area contributed by atoms with Crippen LogP contribution in [-0.2, 0) is 0 Å². The number of alkyl halides is 3. The normalized spacial score (nSPS) is 13.8. The fourth-order valence-electron chi connectivity index (χ4n) is 1.75. The zero-order valence-corrected chi connectivity index (χ0v) is 9.74. The van der Waals surface area contributed by atoms with Crippen LogP contribution in [0.5, 0.6) is 0 Å². The van der Waals surface area contributed by atoms with Crippen molar-refractivity contribution < 1.29 is 17.6 Å². The van der Waals surface area contributed by atoms with Crippen LogP contribution < -0.4 is 5.32 Å². The highest BCUT2D eigenvalue weighted by atomic mass is 19.4. The van der Waals surface area contributed by atoms with E-state index in [0.717, 1.165) is 5.56 Å². The summed E-state index contributed by atoms with van der Waals surface area (Å²) in [6.07, 6.45) is -5.16. The summed E-state index contributed by atoms with van der Waals surface area (Å²) in [5.41, 5.74) is 1.37. The quantitative estimate of drug-likeness (QED) is 0.801. The lowest BCUT2D eigenvalue weighted by molar-refractivity contribution is -0.136. The van der Waals surface area contributed by atoms with Gasteiger partial charge in [0.1, 0.15) is 5.82 Å². The molecule has 17 heavy (non-hydrogen) atoms. The Labute approximate surface area is 97.8 Å². The molecule has 1 rings (SSSR count). The van der Waals surface area contributed by atoms with E-state index in [0.29, 0.717) is 5.56 Å². The van der Waals surface area contributed by atoms with Crippen molar-refractivity contribution in [3.63, 3.8) is 0 Å². The highest BCUT2D eigenvalue weighted by Crippen LogP contribution is 2.29. The van der Waals surface area contributed by atoms with Crippen molar-refractivity contribution >= 4 is 0 Å². The van der Waals surface area contributed by atoms with E-state index >= 15 is 0 Å². The summed E-state index contributed by atoms with van der Waals surface area (Å²) in [6.45, 7) is 1.76. The molecule has 0 radical (unpaired) electrons. The van der Waals surface area contributed by atoms with Crippen LogP contribution in [0, 0.1) is 12.7 Å². The van der Waals surface area contributed by atoms with Gasteiger partial charge in [0.2, 0.25) is 0 Å². The number of halogens is 4. The monoisotopic (exact) mass is 249 g/mol. The molecule has 96 valence electrons. The summed E-state index contributed by atoms with van der Waals surface area (Å²) < 4.78 is 49.5. The summed E-state index contributed by atoms with van der Waals surface area (Å²) in [7, 11) is 1.57. The molecule has 0 bridgehead atoms. The Hall–Kier alpha value is -1.10. The summed E-state index contributed by atoms with van der Waals surface area (Å²) >= 11 is 0. The van der Waals surface area contributed by atoms with Crippen molar-refractivity contribution in [1.82, 2.24) is 5.32 Å². The van der Waals surface area contributed by atoms with Crippen LogP contribution in [0.1, 0.15) is 30.0 Å². The van der Waals surface area contributed by atoms with Gasteiger partial charge in [0, 0.05) is 12.5 Å². The van der Waals surface area contributed by atoms with Crippen molar-refractivity contribution in [2.45, 2.75) is 32.0 Å². The molecule has 0 aromatic heterocycles. The number of hydrogen-bond donors (Lipinski definition) is 1. The molecular formula is C12H15F4N. The van der Waals surface area contributed by atoms with Crippen LogP contribution in [0.4, 0.5) is 17.6 Å². The van der Waals surface area contributed by atoms with Crippen LogP contribution in [0.25, 0.3) is 0 Å². The summed E-state index contributed by atoms with van der Waals surface area (Å²) in [4.78, 5) is 0. The van der Waals surface area contributed by atoms with Gasteiger partial charge in [0.15, 0.2) is 0 Å². The van der Waals surface area contributed by atoms with Gasteiger partial charge in [-0.3, -0.25) is 0 Å². The molecule has 0 aliphatic rings. The number of nitrogens with one attached hydrogen (secondary N) is 1. The lowest BCUT2D eigenvalue weighted by Gasteiger charge is -2.19. The first kappa shape index (κ1) is 14.0. The molecule has 0 saturated heterocycles. The first-order valence-electron chi connectivity index (χ1n) is 5.33. The molecule has 1 aromatic carbocycles. The van der Waals surface area contributed by atoms with Crippen molar-refractivity contribution in [1.29, 1.82) is 0 Å². The van der Waals surface area contributed by atoms with Gasteiger partial charge in [0.25, 0.3) is 0 Å². The highest BCUT2D eigenvalue weighted by Gasteiger charge is 2.28. The van der Waals surface area contributed by atoms with Gasteiger partial charge in [-0.2, -0.15) is 13.2 Å². The lowest BCUT2D eigenvalue weighted by Crippen LogP contribution is -2.20. The third-order valence-electron chi connectivity index (χ3n) is 2.68. The van der Waals surface area contributed by atoms with Gasteiger partial charge < -0.3 is 5.32 Å². The Morgan fingerprint density at radius 2 is 1.94 bits per heavy atom. The van der Waals surface area contributed by atoms with E-state index in [9.17, 15) is 17.6 Å². The SMILES string of the molecule is CNC(CCC(F)(F)F)c1cc(F)ccc1C. The smallest absolute Gasteiger partial charge is 0.313 e. The molecular weight excluding hydrogens is 234 g/mol. The van der Waals surface area contributed by atoms with Crippen LogP contribution in [-0.4, -0.2) is 13.2 Å². The van der Waals surface area contributed by atoms with Gasteiger partial charge in [-0.05, 0) is 43.7 Å². The average molecular weight is 249 g/mol. The van der Waals surface area contributed by atoms with E-state index in [1.54, 1.807) is 20.0 Å². The molecule has 1 aromatic rings. The maximum absolute atomic E-state index is 13.1. The predicted molar refractivity (Wildman–Crippen MR) is 58.2 cm³/mol. The van der Waals surface area contributed by atoms with Crippen molar-refractivity contribution in [3.8, 4) is 0 Å². The highest BCUT2D eigenvalue weighted by molar-refractivity contribution is 5.29. The second kappa shape index (κ2) is 5.49. The Kier molecular flexibility index (Phi) is 4.51. The topological polar surface area (TPSA) is 12.0 Å². The number of hydrogen-bond acceptors (Lipinski definition) is 1. The molecule has 1 unspecified atom stereocenters. The summed E-state index contributed by atoms with van der Waals surface area (Å²) in [6, 6.07) is 3.68. The number of aryl methyl sites for hydroxylation is 1. The fourth-order valence-corrected chi connectivity index (χ4v) is 1.75. The van der Waals surface area contributed by atoms with Crippen molar-refractivity contribution in [2.75, 3.05) is 7.05 Å². The molecule has 0 saturated carbocycles. The number of benzene rings is 1. The Morgan fingerprint density at radius 1 is 1.29 bits per heavy atom. The molecule has 1 atom stereocenters. The van der Waals surface area contributed by atoms with E-state index < -0.39 is 24.5 Å². The molecule has 0 spiro atoms. The first-order chi connectivity index (χ1) is 7.83. The molecule has 0 fully saturated rings. The van der Waals surface area contributed by atoms with Crippen molar-refractivity contribution in [3.05, 3.63) is 35.1 Å². The van der Waals surface area contributed by atoms with Crippen LogP contribution in [0.15, 0.2) is 18.2 Å². The second-order valence-electron chi connectivity index (χ2n) is 4.00. The van der Waals surface area contributed by atoms with Crippen LogP contribution >= 0.6 is 0 Å². The maximum atomic E-state index is 13.1. The van der Waals surface area contributed by atoms with E-state index in [2.05, 4.69) is 5.32 Å². The molecule has 0 aliphatic carbocycles. The van der Waals surface area contributed by atoms with Gasteiger partial charge in [-0.25, -0.2) is 4.39 Å². The van der Waals surface area contributed by atoms with Gasteiger partial charge in [0.05, 0.1) is 0 Å². The molecule has 0 amide bonds. The predicted octanol–water partition coefficient (Wildman–Crippen LogP) is 3.74. The summed E-state index contributed by atoms with van der Waals surface area (Å²) in [5, 5.41) is 2.79. The first-order valence-corrected chi connectivity index (χ1v) is 5.33. The standard InChI is InChI=1S/C12H15F4N/c1-8-3-4-9(13)7-10(8)11(17-2)5-6-12(14,15)16/h3-4,7,11,17H,5-6H2,1-2H3. The number of rotatable bonds is 4. The van der Waals surface area contributed by atoms with Crippen molar-refractivity contribution in [2.24, 2.45) is 0 Å². The van der Waals surface area contributed by atoms with E-state index in [4.69, 9.17) is 0 Å². The minimum atomic E-state index is -4.18. The van der Waals surface area contributed by atoms with E-state index in [-0.39, 0.29) is 6.42 Å². The lowest BCUT2D eigenvalue weighted by atomic mass is 9.97. The maximum Gasteiger partial charge on any atom is 0.389 e. The molecule has 0 heterocycles. The van der Waals surface area contributed by atoms with Gasteiger partial charge in [-0.1, -0.05) is 6.07 Å². The van der Waals surface area contributed by atoms with E-state index in [1.165, 1.54) is 12.1 Å². The van der Waals surface area contributed by atoms with Gasteiger partial charge >= 0.3 is 6.18 Å². The molecule has 1 nitrogen and oxygen atoms in total. The Morgan fingerprint density at radius 3 is 2.47 bits per heavy atom. The average Bonchev–Trinajstić information content (AvgIpc) is 2.22. The zero-order valence-electron chi connectivity index (χ0n) is 9.74. The minimum absolute atomic E-state index is 0.0930. The van der Waals surface area contributed by atoms with Gasteiger partial charge in [-0.15, -0.1) is 0 Å². The fraction of sp³-hybridized carbons (Fsp3) is 0.500. The molecule has 0 aliphatic heterocycles. The zero-order chi connectivity index (χ0) is 13.1. The van der Waals surface area contributed by atoms with Crippen LogP contribution in [0.2, 0.25) is 0 Å². The largest absolute Gasteiger partial charge is 0.389 e. The van der Waals surface area contributed by atoms with Crippen LogP contribution in [0.3, 0.4) is 0 Å². The second-order valence-corrected chi connectivity index (χ2v) is 4.00. The Bertz CT molecular complexity index is 373. The van der Waals surface area contributed by atoms with E-state index in [1.807, 2.05) is 0 Å². The minimum Gasteiger partial charge on any atom is -0.313 e. The molecule has 5 heteroatoms. The third-order valence-corrected chi connectivity index (χ3v) is 2.68. The Balaban J connectivity index is 2.82. The summed E-state index contributed by atoms with van der Waals surface area (Å²) in [5.74, 6) is -0.433. The molecule has 1 N–H and O–H groups in total. The third kappa shape index (κ3) is 4.34.